The Morgan fingerprint density at radius 1 is 1.28 bits per heavy atom. The van der Waals surface area contributed by atoms with Crippen LogP contribution >= 0.6 is 15.9 Å². The van der Waals surface area contributed by atoms with Crippen molar-refractivity contribution in [2.45, 2.75) is 19.4 Å². The molecule has 1 aliphatic heterocycles. The lowest BCUT2D eigenvalue weighted by molar-refractivity contribution is -0.385. The molecule has 4 amide bonds. The molecule has 29 heavy (non-hydrogen) atoms. The number of hydrogen-bond donors (Lipinski definition) is 2. The smallest absolute Gasteiger partial charge is 0.324 e. The van der Waals surface area contributed by atoms with Crippen LogP contribution in [0.5, 0.6) is 0 Å². The van der Waals surface area contributed by atoms with Crippen LogP contribution in [0.2, 0.25) is 0 Å². The highest BCUT2D eigenvalue weighted by molar-refractivity contribution is 9.10. The molecule has 1 aliphatic rings. The molecule has 150 valence electrons. The number of aryl methyl sites for hydroxylation is 1. The minimum absolute atomic E-state index is 0.140. The van der Waals surface area contributed by atoms with Gasteiger partial charge >= 0.3 is 6.03 Å². The lowest BCUT2D eigenvalue weighted by atomic mass is 9.92. The number of nitrogens with zero attached hydrogens (tertiary/aromatic N) is 2. The molecule has 1 fully saturated rings. The van der Waals surface area contributed by atoms with Crippen molar-refractivity contribution in [2.75, 3.05) is 11.9 Å². The van der Waals surface area contributed by atoms with Crippen LogP contribution < -0.4 is 10.6 Å². The maximum Gasteiger partial charge on any atom is 0.325 e. The van der Waals surface area contributed by atoms with Gasteiger partial charge in [-0.3, -0.25) is 24.6 Å². The summed E-state index contributed by atoms with van der Waals surface area (Å²) in [7, 11) is 0. The maximum absolute atomic E-state index is 12.9. The van der Waals surface area contributed by atoms with E-state index in [4.69, 9.17) is 0 Å². The summed E-state index contributed by atoms with van der Waals surface area (Å²) < 4.78 is 0.648. The van der Waals surface area contributed by atoms with Gasteiger partial charge in [0.1, 0.15) is 12.1 Å². The van der Waals surface area contributed by atoms with Gasteiger partial charge in [0.2, 0.25) is 5.91 Å². The Bertz CT molecular complexity index is 1040. The van der Waals surface area contributed by atoms with Crippen LogP contribution in [-0.2, 0) is 15.1 Å². The van der Waals surface area contributed by atoms with Gasteiger partial charge in [0.25, 0.3) is 11.6 Å². The van der Waals surface area contributed by atoms with Gasteiger partial charge in [-0.15, -0.1) is 0 Å². The summed E-state index contributed by atoms with van der Waals surface area (Å²) in [5.41, 5.74) is -0.242. The number of carbonyl (C=O) groups excluding carboxylic acids is 3. The van der Waals surface area contributed by atoms with E-state index >= 15 is 0 Å². The number of benzene rings is 2. The first-order valence-electron chi connectivity index (χ1n) is 8.57. The molecule has 1 atom stereocenters. The molecule has 0 bridgehead atoms. The number of anilines is 1. The Balaban J connectivity index is 1.77. The van der Waals surface area contributed by atoms with Gasteiger partial charge in [0, 0.05) is 27.4 Å². The summed E-state index contributed by atoms with van der Waals surface area (Å²) >= 11 is 3.37. The zero-order valence-electron chi connectivity index (χ0n) is 15.6. The quantitative estimate of drug-likeness (QED) is 0.403. The normalized spacial score (nSPS) is 18.5. The van der Waals surface area contributed by atoms with Crippen LogP contribution in [-0.4, -0.2) is 34.2 Å². The molecule has 0 spiro atoms. The Labute approximate surface area is 174 Å². The summed E-state index contributed by atoms with van der Waals surface area (Å²) in [6, 6.07) is 10.5. The molecular formula is C19H17BrN4O5. The SMILES string of the molecule is Cc1ccc(NC(=O)CN2C(=O)N[C@](C)(c3ccccc3Br)C2=O)cc1[N+](=O)[O-]. The number of urea groups is 1. The van der Waals surface area contributed by atoms with Gasteiger partial charge in [-0.2, -0.15) is 0 Å². The van der Waals surface area contributed by atoms with E-state index in [1.54, 1.807) is 38.1 Å². The second kappa shape index (κ2) is 7.63. The van der Waals surface area contributed by atoms with E-state index in [1.807, 2.05) is 0 Å². The van der Waals surface area contributed by atoms with Gasteiger partial charge in [-0.25, -0.2) is 4.79 Å². The molecule has 0 aliphatic carbocycles. The highest BCUT2D eigenvalue weighted by Gasteiger charge is 2.50. The van der Waals surface area contributed by atoms with Crippen molar-refractivity contribution in [1.29, 1.82) is 0 Å². The fourth-order valence-electron chi connectivity index (χ4n) is 3.12. The van der Waals surface area contributed by atoms with Crippen molar-refractivity contribution in [3.63, 3.8) is 0 Å². The third-order valence-electron chi connectivity index (χ3n) is 4.68. The van der Waals surface area contributed by atoms with Gasteiger partial charge in [-0.1, -0.05) is 40.2 Å². The largest absolute Gasteiger partial charge is 0.325 e. The molecule has 0 radical (unpaired) electrons. The van der Waals surface area contributed by atoms with Crippen LogP contribution in [0, 0.1) is 17.0 Å². The van der Waals surface area contributed by atoms with Crippen molar-refractivity contribution >= 4 is 45.2 Å². The van der Waals surface area contributed by atoms with Crippen molar-refractivity contribution in [2.24, 2.45) is 0 Å². The fourth-order valence-corrected chi connectivity index (χ4v) is 3.80. The van der Waals surface area contributed by atoms with Crippen LogP contribution in [0.3, 0.4) is 0 Å². The summed E-state index contributed by atoms with van der Waals surface area (Å²) in [6.45, 7) is 2.63. The molecule has 1 heterocycles. The minimum Gasteiger partial charge on any atom is -0.324 e. The number of imide groups is 1. The first kappa shape index (κ1) is 20.5. The number of rotatable bonds is 5. The van der Waals surface area contributed by atoms with E-state index in [1.165, 1.54) is 18.2 Å². The Morgan fingerprint density at radius 2 is 1.97 bits per heavy atom. The number of halogens is 1. The maximum atomic E-state index is 12.9. The van der Waals surface area contributed by atoms with E-state index in [-0.39, 0.29) is 11.4 Å². The van der Waals surface area contributed by atoms with Crippen LogP contribution in [0.25, 0.3) is 0 Å². The summed E-state index contributed by atoms with van der Waals surface area (Å²) in [6.07, 6.45) is 0. The van der Waals surface area contributed by atoms with E-state index < -0.39 is 34.9 Å². The van der Waals surface area contributed by atoms with Crippen molar-refractivity contribution in [3.8, 4) is 0 Å². The molecule has 2 aromatic carbocycles. The third-order valence-corrected chi connectivity index (χ3v) is 5.37. The fraction of sp³-hybridized carbons (Fsp3) is 0.211. The lowest BCUT2D eigenvalue weighted by Gasteiger charge is -2.23. The predicted molar refractivity (Wildman–Crippen MR) is 108 cm³/mol. The molecule has 3 rings (SSSR count). The second-order valence-corrected chi connectivity index (χ2v) is 7.59. The standard InChI is InChI=1S/C19H17BrN4O5/c1-11-7-8-12(9-15(11)24(28)29)21-16(25)10-23-17(26)19(2,22-18(23)27)13-5-3-4-6-14(13)20/h3-9H,10H2,1-2H3,(H,21,25)(H,22,27)/t19-/m1/s1. The monoisotopic (exact) mass is 460 g/mol. The van der Waals surface area contributed by atoms with Crippen molar-refractivity contribution < 1.29 is 19.3 Å². The summed E-state index contributed by atoms with van der Waals surface area (Å²) in [5, 5.41) is 16.2. The molecule has 2 aromatic rings. The highest BCUT2D eigenvalue weighted by atomic mass is 79.9. The second-order valence-electron chi connectivity index (χ2n) is 6.73. The number of carbonyl (C=O) groups is 3. The van der Waals surface area contributed by atoms with E-state index in [9.17, 15) is 24.5 Å². The molecular weight excluding hydrogens is 444 g/mol. The Morgan fingerprint density at radius 3 is 2.62 bits per heavy atom. The molecule has 10 heteroatoms. The third kappa shape index (κ3) is 3.83. The van der Waals surface area contributed by atoms with E-state index in [0.29, 0.717) is 15.6 Å². The van der Waals surface area contributed by atoms with Crippen molar-refractivity contribution in [3.05, 3.63) is 68.2 Å². The molecule has 0 unspecified atom stereocenters. The number of nitrogens with one attached hydrogen (secondary N) is 2. The van der Waals surface area contributed by atoms with Gasteiger partial charge in [-0.05, 0) is 26.0 Å². The molecule has 1 saturated heterocycles. The van der Waals surface area contributed by atoms with Gasteiger partial charge in [0.05, 0.1) is 4.92 Å². The topological polar surface area (TPSA) is 122 Å². The first-order valence-corrected chi connectivity index (χ1v) is 9.37. The average Bonchev–Trinajstić information content (AvgIpc) is 2.87. The van der Waals surface area contributed by atoms with Gasteiger partial charge < -0.3 is 10.6 Å². The summed E-state index contributed by atoms with van der Waals surface area (Å²) in [5.74, 6) is -1.22. The Kier molecular flexibility index (Phi) is 5.38. The van der Waals surface area contributed by atoms with Crippen LogP contribution in [0.4, 0.5) is 16.2 Å². The predicted octanol–water partition coefficient (Wildman–Crippen LogP) is 3.07. The zero-order chi connectivity index (χ0) is 21.3. The number of amides is 4. The van der Waals surface area contributed by atoms with E-state index in [0.717, 1.165) is 4.90 Å². The molecule has 0 saturated carbocycles. The first-order chi connectivity index (χ1) is 13.6. The zero-order valence-corrected chi connectivity index (χ0v) is 17.1. The van der Waals surface area contributed by atoms with Crippen LogP contribution in [0.1, 0.15) is 18.1 Å². The highest BCUT2D eigenvalue weighted by Crippen LogP contribution is 2.33. The summed E-state index contributed by atoms with van der Waals surface area (Å²) in [4.78, 5) is 49.0. The lowest BCUT2D eigenvalue weighted by Crippen LogP contribution is -2.42. The number of nitro groups is 1. The Hall–Kier alpha value is -3.27. The number of nitro benzene ring substituents is 1. The molecule has 9 nitrogen and oxygen atoms in total. The van der Waals surface area contributed by atoms with Gasteiger partial charge in [0.15, 0.2) is 0 Å². The van der Waals surface area contributed by atoms with Crippen molar-refractivity contribution in [1.82, 2.24) is 10.2 Å². The number of hydrogen-bond acceptors (Lipinski definition) is 5. The van der Waals surface area contributed by atoms with E-state index in [2.05, 4.69) is 26.6 Å². The minimum atomic E-state index is -1.32. The molecule has 0 aromatic heterocycles. The molecule has 2 N–H and O–H groups in total. The average molecular weight is 461 g/mol. The van der Waals surface area contributed by atoms with Crippen LogP contribution in [0.15, 0.2) is 46.9 Å².